The summed E-state index contributed by atoms with van der Waals surface area (Å²) in [4.78, 5) is 0. The lowest BCUT2D eigenvalue weighted by molar-refractivity contribution is 0.0964. The van der Waals surface area contributed by atoms with E-state index in [0.29, 0.717) is 6.42 Å². The number of methoxy groups -OCH3 is 2. The van der Waals surface area contributed by atoms with Gasteiger partial charge in [-0.3, -0.25) is 0 Å². The number of hydrogen-bond acceptors (Lipinski definition) is 2. The summed E-state index contributed by atoms with van der Waals surface area (Å²) in [6.45, 7) is 0. The van der Waals surface area contributed by atoms with Crippen LogP contribution in [0.25, 0.3) is 0 Å². The second kappa shape index (κ2) is 5.30. The zero-order chi connectivity index (χ0) is 7.28. The molecule has 0 aromatic heterocycles. The summed E-state index contributed by atoms with van der Waals surface area (Å²) < 4.78 is 9.45. The van der Waals surface area contributed by atoms with Gasteiger partial charge in [0.05, 0.1) is 0 Å². The molecule has 0 bridgehead atoms. The lowest BCUT2D eigenvalue weighted by atomic mass is 10.5. The van der Waals surface area contributed by atoms with Gasteiger partial charge in [0, 0.05) is 20.6 Å². The molecule has 0 aromatic carbocycles. The molecule has 0 aliphatic rings. The SMILES string of the molecule is COC(Cl)CC(Cl)OC. The summed E-state index contributed by atoms with van der Waals surface area (Å²) >= 11 is 11.1. The van der Waals surface area contributed by atoms with E-state index < -0.39 is 0 Å². The molecule has 2 nitrogen and oxygen atoms in total. The largest absolute Gasteiger partial charge is 0.366 e. The zero-order valence-electron chi connectivity index (χ0n) is 5.43. The Hall–Kier alpha value is 0.500. The standard InChI is InChI=1S/C5H10Cl2O2/c1-8-4(6)3-5(7)9-2/h4-5H,3H2,1-2H3. The van der Waals surface area contributed by atoms with E-state index >= 15 is 0 Å². The van der Waals surface area contributed by atoms with Crippen LogP contribution in [-0.2, 0) is 9.47 Å². The van der Waals surface area contributed by atoms with Gasteiger partial charge in [-0.1, -0.05) is 23.2 Å². The number of hydrogen-bond donors (Lipinski definition) is 0. The van der Waals surface area contributed by atoms with Crippen molar-refractivity contribution in [1.82, 2.24) is 0 Å². The van der Waals surface area contributed by atoms with Gasteiger partial charge in [0.25, 0.3) is 0 Å². The van der Waals surface area contributed by atoms with Crippen molar-refractivity contribution in [3.8, 4) is 0 Å². The van der Waals surface area contributed by atoms with Gasteiger partial charge in [-0.15, -0.1) is 0 Å². The van der Waals surface area contributed by atoms with Crippen LogP contribution in [0.4, 0.5) is 0 Å². The Balaban J connectivity index is 3.22. The minimum atomic E-state index is -0.354. The van der Waals surface area contributed by atoms with Gasteiger partial charge in [0.15, 0.2) is 0 Å². The van der Waals surface area contributed by atoms with E-state index in [4.69, 9.17) is 32.7 Å². The fraction of sp³-hybridized carbons (Fsp3) is 1.00. The monoisotopic (exact) mass is 172 g/mol. The molecule has 9 heavy (non-hydrogen) atoms. The zero-order valence-corrected chi connectivity index (χ0v) is 6.95. The molecule has 0 aliphatic heterocycles. The summed E-state index contributed by atoms with van der Waals surface area (Å²) in [5.74, 6) is 0. The van der Waals surface area contributed by atoms with Gasteiger partial charge in [-0.2, -0.15) is 0 Å². The van der Waals surface area contributed by atoms with Gasteiger partial charge in [-0.05, 0) is 0 Å². The number of halogens is 2. The average Bonchev–Trinajstić information content (AvgIpc) is 1.87. The first-order valence-corrected chi connectivity index (χ1v) is 3.41. The van der Waals surface area contributed by atoms with E-state index in [2.05, 4.69) is 0 Å². The topological polar surface area (TPSA) is 18.5 Å². The van der Waals surface area contributed by atoms with Crippen molar-refractivity contribution < 1.29 is 9.47 Å². The first-order chi connectivity index (χ1) is 4.20. The quantitative estimate of drug-likeness (QED) is 0.603. The highest BCUT2D eigenvalue weighted by atomic mass is 35.5. The van der Waals surface area contributed by atoms with Crippen LogP contribution in [-0.4, -0.2) is 25.3 Å². The van der Waals surface area contributed by atoms with E-state index in [1.54, 1.807) is 0 Å². The van der Waals surface area contributed by atoms with Crippen molar-refractivity contribution in [3.05, 3.63) is 0 Å². The molecular weight excluding hydrogens is 163 g/mol. The third-order valence-electron chi connectivity index (χ3n) is 0.882. The highest BCUT2D eigenvalue weighted by Gasteiger charge is 2.08. The summed E-state index contributed by atoms with van der Waals surface area (Å²) in [7, 11) is 3.05. The molecule has 0 aromatic rings. The highest BCUT2D eigenvalue weighted by molar-refractivity contribution is 6.22. The first-order valence-electron chi connectivity index (χ1n) is 2.54. The van der Waals surface area contributed by atoms with Crippen LogP contribution < -0.4 is 0 Å². The summed E-state index contributed by atoms with van der Waals surface area (Å²) in [5.41, 5.74) is -0.708. The third kappa shape index (κ3) is 4.97. The van der Waals surface area contributed by atoms with Gasteiger partial charge < -0.3 is 9.47 Å². The second-order valence-corrected chi connectivity index (χ2v) is 2.50. The van der Waals surface area contributed by atoms with Crippen LogP contribution >= 0.6 is 23.2 Å². The Kier molecular flexibility index (Phi) is 5.59. The molecule has 0 rings (SSSR count). The second-order valence-electron chi connectivity index (χ2n) is 1.53. The number of ether oxygens (including phenoxy) is 2. The molecule has 0 N–H and O–H groups in total. The Morgan fingerprint density at radius 2 is 1.44 bits per heavy atom. The molecule has 0 fully saturated rings. The normalized spacial score (nSPS) is 17.3. The van der Waals surface area contributed by atoms with Crippen molar-refractivity contribution in [2.75, 3.05) is 14.2 Å². The summed E-state index contributed by atoms with van der Waals surface area (Å²) in [5, 5.41) is 0. The molecular formula is C5H10Cl2O2. The molecule has 0 spiro atoms. The molecule has 0 saturated heterocycles. The minimum Gasteiger partial charge on any atom is -0.366 e. The highest BCUT2D eigenvalue weighted by Crippen LogP contribution is 2.11. The van der Waals surface area contributed by atoms with Crippen LogP contribution in [0.1, 0.15) is 6.42 Å². The maximum Gasteiger partial charge on any atom is 0.134 e. The van der Waals surface area contributed by atoms with E-state index in [0.717, 1.165) is 0 Å². The predicted octanol–water partition coefficient (Wildman–Crippen LogP) is 1.80. The van der Waals surface area contributed by atoms with E-state index in [-0.39, 0.29) is 11.1 Å². The van der Waals surface area contributed by atoms with Gasteiger partial charge in [0.1, 0.15) is 11.1 Å². The molecule has 0 radical (unpaired) electrons. The van der Waals surface area contributed by atoms with E-state index in [9.17, 15) is 0 Å². The molecule has 2 atom stereocenters. The van der Waals surface area contributed by atoms with Crippen molar-refractivity contribution in [3.63, 3.8) is 0 Å². The third-order valence-corrected chi connectivity index (χ3v) is 1.59. The fourth-order valence-electron chi connectivity index (χ4n) is 0.338. The Morgan fingerprint density at radius 3 is 1.67 bits per heavy atom. The van der Waals surface area contributed by atoms with Crippen LogP contribution in [0.2, 0.25) is 0 Å². The molecule has 0 saturated carbocycles. The maximum atomic E-state index is 5.55. The first kappa shape index (κ1) is 9.50. The number of alkyl halides is 2. The van der Waals surface area contributed by atoms with Gasteiger partial charge in [-0.25, -0.2) is 0 Å². The lowest BCUT2D eigenvalue weighted by Crippen LogP contribution is -2.11. The summed E-state index contributed by atoms with van der Waals surface area (Å²) in [6.07, 6.45) is 0.496. The van der Waals surface area contributed by atoms with Gasteiger partial charge >= 0.3 is 0 Å². The molecule has 0 aliphatic carbocycles. The van der Waals surface area contributed by atoms with Crippen molar-refractivity contribution >= 4 is 23.2 Å². The molecule has 4 heteroatoms. The van der Waals surface area contributed by atoms with E-state index in [1.165, 1.54) is 14.2 Å². The van der Waals surface area contributed by atoms with Crippen molar-refractivity contribution in [1.29, 1.82) is 0 Å². The van der Waals surface area contributed by atoms with Crippen LogP contribution in [0.15, 0.2) is 0 Å². The lowest BCUT2D eigenvalue weighted by Gasteiger charge is -2.10. The fourth-order valence-corrected chi connectivity index (χ4v) is 0.753. The molecule has 2 unspecified atom stereocenters. The molecule has 0 heterocycles. The number of rotatable bonds is 4. The van der Waals surface area contributed by atoms with Crippen molar-refractivity contribution in [2.45, 2.75) is 17.5 Å². The van der Waals surface area contributed by atoms with Crippen LogP contribution in [0.5, 0.6) is 0 Å². The molecule has 0 amide bonds. The van der Waals surface area contributed by atoms with E-state index in [1.807, 2.05) is 0 Å². The Morgan fingerprint density at radius 1 is 1.11 bits per heavy atom. The van der Waals surface area contributed by atoms with Crippen molar-refractivity contribution in [2.24, 2.45) is 0 Å². The smallest absolute Gasteiger partial charge is 0.134 e. The van der Waals surface area contributed by atoms with Crippen LogP contribution in [0, 0.1) is 0 Å². The average molecular weight is 173 g/mol. The molecule has 56 valence electrons. The van der Waals surface area contributed by atoms with Gasteiger partial charge in [0.2, 0.25) is 0 Å². The van der Waals surface area contributed by atoms with Crippen LogP contribution in [0.3, 0.4) is 0 Å². The summed E-state index contributed by atoms with van der Waals surface area (Å²) in [6, 6.07) is 0. The predicted molar refractivity (Wildman–Crippen MR) is 37.9 cm³/mol. The minimum absolute atomic E-state index is 0.354. The Bertz CT molecular complexity index is 62.0. The maximum absolute atomic E-state index is 5.55. The Labute approximate surface area is 65.0 Å².